The second kappa shape index (κ2) is 6.28. The van der Waals surface area contributed by atoms with E-state index in [0.29, 0.717) is 29.5 Å². The van der Waals surface area contributed by atoms with Gasteiger partial charge in [0.1, 0.15) is 11.9 Å². The number of rotatable bonds is 0. The van der Waals surface area contributed by atoms with Crippen LogP contribution in [0.2, 0.25) is 0 Å². The zero-order valence-electron chi connectivity index (χ0n) is 22.2. The summed E-state index contributed by atoms with van der Waals surface area (Å²) in [6.07, 6.45) is 11.2. The highest BCUT2D eigenvalue weighted by Gasteiger charge is 2.75. The van der Waals surface area contributed by atoms with E-state index in [4.69, 9.17) is 4.74 Å². The second-order valence-corrected chi connectivity index (χ2v) is 15.3. The molecule has 5 saturated carbocycles. The summed E-state index contributed by atoms with van der Waals surface area (Å²) in [6.45, 7) is 17.0. The van der Waals surface area contributed by atoms with Crippen molar-refractivity contribution in [1.82, 2.24) is 0 Å². The van der Waals surface area contributed by atoms with Gasteiger partial charge in [0.2, 0.25) is 0 Å². The van der Waals surface area contributed by atoms with Gasteiger partial charge in [-0.1, -0.05) is 48.5 Å². The lowest BCUT2D eigenvalue weighted by molar-refractivity contribution is -0.239. The number of hydrogen-bond donors (Lipinski definition) is 0. The largest absolute Gasteiger partial charge is 0.461 e. The van der Waals surface area contributed by atoms with Gasteiger partial charge in [0.05, 0.1) is 5.41 Å². The minimum absolute atomic E-state index is 0.0910. The monoisotopic (exact) mass is 454 g/mol. The molecule has 2 bridgehead atoms. The zero-order valence-corrected chi connectivity index (χ0v) is 22.2. The number of carbonyl (C=O) groups is 2. The summed E-state index contributed by atoms with van der Waals surface area (Å²) in [5.74, 6) is 2.80. The van der Waals surface area contributed by atoms with Gasteiger partial charge in [0.15, 0.2) is 0 Å². The highest BCUT2D eigenvalue weighted by atomic mass is 16.6. The van der Waals surface area contributed by atoms with Crippen LogP contribution in [0.5, 0.6) is 0 Å². The topological polar surface area (TPSA) is 43.4 Å². The van der Waals surface area contributed by atoms with E-state index in [9.17, 15) is 9.59 Å². The van der Waals surface area contributed by atoms with Gasteiger partial charge in [-0.3, -0.25) is 9.59 Å². The number of Topliss-reactive ketones (excluding diaryl/α,β-unsaturated/α-hetero) is 1. The lowest BCUT2D eigenvalue weighted by atomic mass is 9.31. The minimum Gasteiger partial charge on any atom is -0.461 e. The predicted molar refractivity (Wildman–Crippen MR) is 129 cm³/mol. The first-order valence-corrected chi connectivity index (χ1v) is 14.0. The predicted octanol–water partition coefficient (Wildman–Crippen LogP) is 6.97. The fraction of sp³-hybridized carbons (Fsp3) is 0.933. The molecule has 5 aliphatic carbocycles. The van der Waals surface area contributed by atoms with Crippen LogP contribution in [0.25, 0.3) is 0 Å². The van der Waals surface area contributed by atoms with Gasteiger partial charge in [0.25, 0.3) is 0 Å². The summed E-state index contributed by atoms with van der Waals surface area (Å²) >= 11 is 0. The van der Waals surface area contributed by atoms with Crippen molar-refractivity contribution in [1.29, 1.82) is 0 Å². The Morgan fingerprint density at radius 3 is 2.15 bits per heavy atom. The Bertz CT molecular complexity index is 918. The quantitative estimate of drug-likeness (QED) is 0.371. The van der Waals surface area contributed by atoms with Crippen LogP contribution in [0.3, 0.4) is 0 Å². The van der Waals surface area contributed by atoms with E-state index in [0.717, 1.165) is 32.1 Å². The summed E-state index contributed by atoms with van der Waals surface area (Å²) in [5.41, 5.74) is 0.494. The average Bonchev–Trinajstić information content (AvgIpc) is 2.99. The first-order valence-electron chi connectivity index (χ1n) is 14.0. The molecule has 3 heteroatoms. The van der Waals surface area contributed by atoms with Crippen molar-refractivity contribution >= 4 is 11.8 Å². The molecule has 0 radical (unpaired) electrons. The molecule has 0 spiro atoms. The molecule has 6 rings (SSSR count). The molecule has 0 amide bonds. The molecule has 1 aliphatic heterocycles. The van der Waals surface area contributed by atoms with Gasteiger partial charge in [-0.25, -0.2) is 0 Å². The number of hydrogen-bond acceptors (Lipinski definition) is 3. The number of esters is 1. The summed E-state index contributed by atoms with van der Waals surface area (Å²) in [4.78, 5) is 26.3. The van der Waals surface area contributed by atoms with Crippen LogP contribution in [0, 0.1) is 56.2 Å². The number of ketones is 1. The lowest BCUT2D eigenvalue weighted by Gasteiger charge is -2.72. The maximum Gasteiger partial charge on any atom is 0.312 e. The van der Waals surface area contributed by atoms with Crippen LogP contribution >= 0.6 is 0 Å². The highest BCUT2D eigenvalue weighted by molar-refractivity contribution is 5.85. The second-order valence-electron chi connectivity index (χ2n) is 15.3. The van der Waals surface area contributed by atoms with Crippen LogP contribution in [-0.4, -0.2) is 17.9 Å². The van der Waals surface area contributed by atoms with Gasteiger partial charge in [0, 0.05) is 23.2 Å². The first-order chi connectivity index (χ1) is 15.2. The molecule has 9 atom stereocenters. The molecule has 3 nitrogen and oxygen atoms in total. The lowest BCUT2D eigenvalue weighted by Crippen LogP contribution is -2.67. The molecular formula is C30H46O3. The van der Waals surface area contributed by atoms with E-state index < -0.39 is 0 Å². The third-order valence-electron chi connectivity index (χ3n) is 13.8. The third kappa shape index (κ3) is 2.39. The van der Waals surface area contributed by atoms with Gasteiger partial charge in [-0.2, -0.15) is 0 Å². The van der Waals surface area contributed by atoms with Crippen molar-refractivity contribution in [2.24, 2.45) is 56.2 Å². The van der Waals surface area contributed by atoms with Crippen molar-refractivity contribution < 1.29 is 14.3 Å². The normalized spacial score (nSPS) is 56.2. The molecular weight excluding hydrogens is 408 g/mol. The minimum atomic E-state index is -0.200. The van der Waals surface area contributed by atoms with Crippen LogP contribution < -0.4 is 0 Å². The first kappa shape index (κ1) is 22.6. The van der Waals surface area contributed by atoms with Crippen molar-refractivity contribution in [3.63, 3.8) is 0 Å². The van der Waals surface area contributed by atoms with Crippen LogP contribution in [0.15, 0.2) is 0 Å². The molecule has 0 aromatic carbocycles. The Hall–Kier alpha value is -0.860. The number of fused-ring (bicyclic) bond motifs is 5. The maximum atomic E-state index is 13.3. The van der Waals surface area contributed by atoms with E-state index in [1.807, 2.05) is 0 Å². The van der Waals surface area contributed by atoms with Crippen molar-refractivity contribution in [2.75, 3.05) is 0 Å². The Morgan fingerprint density at radius 1 is 0.727 bits per heavy atom. The summed E-state index contributed by atoms with van der Waals surface area (Å²) in [5, 5.41) is 0. The van der Waals surface area contributed by atoms with Gasteiger partial charge < -0.3 is 4.74 Å². The molecule has 0 aromatic rings. The summed E-state index contributed by atoms with van der Waals surface area (Å²) < 4.78 is 6.27. The molecule has 6 aliphatic rings. The molecule has 1 heterocycles. The standard InChI is InChI=1S/C30H46O3/c1-25(2)14-16-30-17-15-28(6)18(22(30)23(25)33-24(30)32)8-9-20-27(5)12-11-21(31)26(3,4)19(27)10-13-29(20,28)7/h18-20,22-23H,8-17H2,1-7H3/t18-,19+,20+,22-,23+,27+,28+,29+,30+/m1/s1. The van der Waals surface area contributed by atoms with Crippen molar-refractivity contribution in [2.45, 2.75) is 119 Å². The zero-order chi connectivity index (χ0) is 23.8. The average molecular weight is 455 g/mol. The molecule has 0 unspecified atom stereocenters. The van der Waals surface area contributed by atoms with E-state index in [2.05, 4.69) is 48.5 Å². The molecule has 1 saturated heterocycles. The Balaban J connectivity index is 1.42. The molecule has 33 heavy (non-hydrogen) atoms. The van der Waals surface area contributed by atoms with Crippen LogP contribution in [0.1, 0.15) is 113 Å². The van der Waals surface area contributed by atoms with Crippen LogP contribution in [-0.2, 0) is 14.3 Å². The Labute approximate surface area is 201 Å². The van der Waals surface area contributed by atoms with E-state index in [1.165, 1.54) is 32.1 Å². The fourth-order valence-corrected chi connectivity index (χ4v) is 11.6. The molecule has 0 aromatic heterocycles. The summed E-state index contributed by atoms with van der Waals surface area (Å²) in [7, 11) is 0. The highest BCUT2D eigenvalue weighted by Crippen LogP contribution is 2.77. The van der Waals surface area contributed by atoms with Gasteiger partial charge >= 0.3 is 5.97 Å². The smallest absolute Gasteiger partial charge is 0.312 e. The number of ether oxygens (including phenoxy) is 1. The van der Waals surface area contributed by atoms with E-state index >= 15 is 0 Å². The van der Waals surface area contributed by atoms with Crippen molar-refractivity contribution in [3.8, 4) is 0 Å². The van der Waals surface area contributed by atoms with Gasteiger partial charge in [-0.15, -0.1) is 0 Å². The number of carbonyl (C=O) groups excluding carboxylic acids is 2. The summed E-state index contributed by atoms with van der Waals surface area (Å²) in [6, 6.07) is 0. The van der Waals surface area contributed by atoms with E-state index in [-0.39, 0.29) is 44.6 Å². The van der Waals surface area contributed by atoms with Gasteiger partial charge in [-0.05, 0) is 91.8 Å². The van der Waals surface area contributed by atoms with Crippen LogP contribution in [0.4, 0.5) is 0 Å². The van der Waals surface area contributed by atoms with E-state index in [1.54, 1.807) is 0 Å². The van der Waals surface area contributed by atoms with Crippen molar-refractivity contribution in [3.05, 3.63) is 0 Å². The maximum absolute atomic E-state index is 13.3. The SMILES string of the molecule is CC1(C)CC[C@]23CC[C@@]4(C)[C@H](CC[C@H]5[C@@]6(C)CCC(=O)C(C)(C)[C@@H]6CC[C@@]54C)[C@@H]2[C@@H]1OC3=O. The Morgan fingerprint density at radius 2 is 1.42 bits per heavy atom. The fourth-order valence-electron chi connectivity index (χ4n) is 11.6. The Kier molecular flexibility index (Phi) is 4.30. The molecule has 0 N–H and O–H groups in total. The molecule has 184 valence electrons. The third-order valence-corrected chi connectivity index (χ3v) is 13.8. The molecule has 6 fully saturated rings.